The van der Waals surface area contributed by atoms with Gasteiger partial charge in [-0.25, -0.2) is 0 Å². The Balaban J connectivity index is 2.30. The van der Waals surface area contributed by atoms with Gasteiger partial charge in [0.2, 0.25) is 0 Å². The van der Waals surface area contributed by atoms with Crippen LogP contribution < -0.4 is 5.32 Å². The molecule has 0 bridgehead atoms. The van der Waals surface area contributed by atoms with Crippen LogP contribution in [0.4, 0.5) is 0 Å². The molecule has 0 aliphatic heterocycles. The minimum absolute atomic E-state index is 0.303. The molecule has 0 fully saturated rings. The summed E-state index contributed by atoms with van der Waals surface area (Å²) in [6.45, 7) is 3.76. The van der Waals surface area contributed by atoms with Gasteiger partial charge in [0.25, 0.3) is 0 Å². The topological polar surface area (TPSA) is 24.9 Å². The molecule has 1 atom stereocenters. The number of pyridine rings is 1. The Kier molecular flexibility index (Phi) is 3.89. The SMILES string of the molecule is C=CCCC(NC)c1ccc2ccccc2n1. The summed E-state index contributed by atoms with van der Waals surface area (Å²) >= 11 is 0. The molecular formula is C15H18N2. The zero-order valence-electron chi connectivity index (χ0n) is 10.2. The lowest BCUT2D eigenvalue weighted by atomic mass is 10.1. The van der Waals surface area contributed by atoms with Crippen LogP contribution in [0.3, 0.4) is 0 Å². The molecule has 2 aromatic rings. The number of benzene rings is 1. The fourth-order valence-corrected chi connectivity index (χ4v) is 2.00. The Morgan fingerprint density at radius 3 is 2.88 bits per heavy atom. The lowest BCUT2D eigenvalue weighted by Crippen LogP contribution is -2.17. The molecule has 0 amide bonds. The average molecular weight is 226 g/mol. The molecule has 2 nitrogen and oxygen atoms in total. The Morgan fingerprint density at radius 2 is 2.12 bits per heavy atom. The van der Waals surface area contributed by atoms with Crippen molar-refractivity contribution >= 4 is 10.9 Å². The van der Waals surface area contributed by atoms with E-state index in [2.05, 4.69) is 36.2 Å². The number of nitrogens with zero attached hydrogens (tertiary/aromatic N) is 1. The molecular weight excluding hydrogens is 208 g/mol. The Morgan fingerprint density at radius 1 is 1.29 bits per heavy atom. The number of hydrogen-bond acceptors (Lipinski definition) is 2. The average Bonchev–Trinajstić information content (AvgIpc) is 2.39. The molecule has 0 aliphatic rings. The van der Waals surface area contributed by atoms with Crippen molar-refractivity contribution in [2.45, 2.75) is 18.9 Å². The van der Waals surface area contributed by atoms with Crippen molar-refractivity contribution in [1.82, 2.24) is 10.3 Å². The second-order valence-corrected chi connectivity index (χ2v) is 4.14. The summed E-state index contributed by atoms with van der Waals surface area (Å²) in [4.78, 5) is 4.70. The summed E-state index contributed by atoms with van der Waals surface area (Å²) in [5, 5.41) is 4.50. The lowest BCUT2D eigenvalue weighted by Gasteiger charge is -2.15. The molecule has 1 heterocycles. The molecule has 1 aromatic carbocycles. The predicted molar refractivity (Wildman–Crippen MR) is 73.0 cm³/mol. The minimum atomic E-state index is 0.303. The van der Waals surface area contributed by atoms with Crippen molar-refractivity contribution in [3.8, 4) is 0 Å². The molecule has 0 saturated carbocycles. The van der Waals surface area contributed by atoms with E-state index in [1.165, 1.54) is 5.39 Å². The molecule has 0 aliphatic carbocycles. The van der Waals surface area contributed by atoms with Crippen LogP contribution in [0.25, 0.3) is 10.9 Å². The molecule has 2 heteroatoms. The van der Waals surface area contributed by atoms with Gasteiger partial charge in [-0.2, -0.15) is 0 Å². The van der Waals surface area contributed by atoms with E-state index in [1.54, 1.807) is 0 Å². The van der Waals surface area contributed by atoms with Crippen molar-refractivity contribution < 1.29 is 0 Å². The molecule has 2 rings (SSSR count). The normalized spacial score (nSPS) is 12.5. The van der Waals surface area contributed by atoms with Crippen LogP contribution in [0.5, 0.6) is 0 Å². The van der Waals surface area contributed by atoms with Crippen LogP contribution in [0.15, 0.2) is 49.1 Å². The second-order valence-electron chi connectivity index (χ2n) is 4.14. The van der Waals surface area contributed by atoms with Crippen molar-refractivity contribution in [3.05, 3.63) is 54.7 Å². The Bertz CT molecular complexity index is 505. The molecule has 0 radical (unpaired) electrons. The van der Waals surface area contributed by atoms with Gasteiger partial charge in [0.15, 0.2) is 0 Å². The first-order valence-corrected chi connectivity index (χ1v) is 5.99. The second kappa shape index (κ2) is 5.60. The molecule has 1 N–H and O–H groups in total. The van der Waals surface area contributed by atoms with Crippen LogP contribution in [-0.2, 0) is 0 Å². The van der Waals surface area contributed by atoms with E-state index in [0.29, 0.717) is 6.04 Å². The van der Waals surface area contributed by atoms with Gasteiger partial charge < -0.3 is 5.32 Å². The number of para-hydroxylation sites is 1. The Hall–Kier alpha value is -1.67. The van der Waals surface area contributed by atoms with E-state index in [0.717, 1.165) is 24.1 Å². The van der Waals surface area contributed by atoms with Crippen molar-refractivity contribution in [2.75, 3.05) is 7.05 Å². The van der Waals surface area contributed by atoms with E-state index in [1.807, 2.05) is 25.3 Å². The summed E-state index contributed by atoms with van der Waals surface area (Å²) in [6, 6.07) is 12.7. The maximum Gasteiger partial charge on any atom is 0.0706 e. The van der Waals surface area contributed by atoms with E-state index in [-0.39, 0.29) is 0 Å². The third kappa shape index (κ3) is 2.71. The monoisotopic (exact) mass is 226 g/mol. The van der Waals surface area contributed by atoms with Gasteiger partial charge in [0.1, 0.15) is 0 Å². The highest BCUT2D eigenvalue weighted by Crippen LogP contribution is 2.19. The van der Waals surface area contributed by atoms with Gasteiger partial charge in [-0.1, -0.05) is 30.3 Å². The first-order chi connectivity index (χ1) is 8.35. The number of nitrogens with one attached hydrogen (secondary N) is 1. The zero-order chi connectivity index (χ0) is 12.1. The summed E-state index contributed by atoms with van der Waals surface area (Å²) < 4.78 is 0. The van der Waals surface area contributed by atoms with Crippen LogP contribution in [0.2, 0.25) is 0 Å². The smallest absolute Gasteiger partial charge is 0.0706 e. The van der Waals surface area contributed by atoms with Gasteiger partial charge in [-0.05, 0) is 32.0 Å². The molecule has 88 valence electrons. The molecule has 1 unspecified atom stereocenters. The van der Waals surface area contributed by atoms with E-state index >= 15 is 0 Å². The van der Waals surface area contributed by atoms with Crippen LogP contribution in [0.1, 0.15) is 24.6 Å². The summed E-state index contributed by atoms with van der Waals surface area (Å²) in [6.07, 6.45) is 3.98. The fourth-order valence-electron chi connectivity index (χ4n) is 2.00. The van der Waals surface area contributed by atoms with E-state index in [4.69, 9.17) is 4.98 Å². The Labute approximate surface area is 102 Å². The molecule has 1 aromatic heterocycles. The standard InChI is InChI=1S/C15H18N2/c1-3-4-8-14(16-2)15-11-10-12-7-5-6-9-13(12)17-15/h3,5-7,9-11,14,16H,1,4,8H2,2H3. The van der Waals surface area contributed by atoms with Crippen LogP contribution in [-0.4, -0.2) is 12.0 Å². The van der Waals surface area contributed by atoms with Crippen LogP contribution in [0, 0.1) is 0 Å². The number of rotatable bonds is 5. The van der Waals surface area contributed by atoms with Crippen molar-refractivity contribution in [2.24, 2.45) is 0 Å². The minimum Gasteiger partial charge on any atom is -0.312 e. The van der Waals surface area contributed by atoms with Gasteiger partial charge in [0, 0.05) is 11.4 Å². The maximum absolute atomic E-state index is 4.70. The van der Waals surface area contributed by atoms with Gasteiger partial charge in [0.05, 0.1) is 11.2 Å². The van der Waals surface area contributed by atoms with Gasteiger partial charge in [-0.15, -0.1) is 6.58 Å². The lowest BCUT2D eigenvalue weighted by molar-refractivity contribution is 0.542. The van der Waals surface area contributed by atoms with Gasteiger partial charge >= 0.3 is 0 Å². The third-order valence-corrected chi connectivity index (χ3v) is 2.98. The highest BCUT2D eigenvalue weighted by atomic mass is 14.9. The third-order valence-electron chi connectivity index (χ3n) is 2.98. The number of fused-ring (bicyclic) bond motifs is 1. The molecule has 17 heavy (non-hydrogen) atoms. The summed E-state index contributed by atoms with van der Waals surface area (Å²) in [5.74, 6) is 0. The largest absolute Gasteiger partial charge is 0.312 e. The van der Waals surface area contributed by atoms with Gasteiger partial charge in [-0.3, -0.25) is 4.98 Å². The fraction of sp³-hybridized carbons (Fsp3) is 0.267. The number of hydrogen-bond donors (Lipinski definition) is 1. The summed E-state index contributed by atoms with van der Waals surface area (Å²) in [7, 11) is 1.98. The quantitative estimate of drug-likeness (QED) is 0.790. The number of allylic oxidation sites excluding steroid dienone is 1. The highest BCUT2D eigenvalue weighted by molar-refractivity contribution is 5.78. The number of aromatic nitrogens is 1. The highest BCUT2D eigenvalue weighted by Gasteiger charge is 2.09. The summed E-state index contributed by atoms with van der Waals surface area (Å²) in [5.41, 5.74) is 2.16. The maximum atomic E-state index is 4.70. The first-order valence-electron chi connectivity index (χ1n) is 5.99. The van der Waals surface area contributed by atoms with E-state index in [9.17, 15) is 0 Å². The molecule has 0 spiro atoms. The predicted octanol–water partition coefficient (Wildman–Crippen LogP) is 3.46. The first kappa shape index (κ1) is 11.8. The molecule has 0 saturated heterocycles. The van der Waals surface area contributed by atoms with Crippen molar-refractivity contribution in [1.29, 1.82) is 0 Å². The van der Waals surface area contributed by atoms with Crippen molar-refractivity contribution in [3.63, 3.8) is 0 Å². The van der Waals surface area contributed by atoms with E-state index < -0.39 is 0 Å². The van der Waals surface area contributed by atoms with Crippen LogP contribution >= 0.6 is 0 Å². The zero-order valence-corrected chi connectivity index (χ0v) is 10.2.